The first kappa shape index (κ1) is 22.5. The molecule has 7 nitrogen and oxygen atoms in total. The lowest BCUT2D eigenvalue weighted by atomic mass is 10.0. The average Bonchev–Trinajstić information content (AvgIpc) is 3.54. The van der Waals surface area contributed by atoms with Crippen LogP contribution in [0.15, 0.2) is 78.9 Å². The zero-order valence-electron chi connectivity index (χ0n) is 19.5. The van der Waals surface area contributed by atoms with E-state index in [9.17, 15) is 9.59 Å². The van der Waals surface area contributed by atoms with Crippen molar-refractivity contribution < 1.29 is 19.1 Å². The van der Waals surface area contributed by atoms with Crippen LogP contribution in [-0.4, -0.2) is 48.1 Å². The molecule has 1 aromatic heterocycles. The first-order chi connectivity index (χ1) is 17.1. The number of carbonyl (C=O) groups is 2. The number of carbonyl (C=O) groups excluding carboxylic acids is 2. The summed E-state index contributed by atoms with van der Waals surface area (Å²) in [6.07, 6.45) is 1.28. The summed E-state index contributed by atoms with van der Waals surface area (Å²) in [5.41, 5.74) is 3.12. The van der Waals surface area contributed by atoms with E-state index < -0.39 is 0 Å². The van der Waals surface area contributed by atoms with Gasteiger partial charge in [-0.1, -0.05) is 48.5 Å². The second-order valence-electron chi connectivity index (χ2n) is 8.64. The van der Waals surface area contributed by atoms with Gasteiger partial charge in [0.1, 0.15) is 5.69 Å². The maximum absolute atomic E-state index is 13.3. The highest BCUT2D eigenvalue weighted by molar-refractivity contribution is 5.98. The number of ether oxygens (including phenoxy) is 2. The van der Waals surface area contributed by atoms with Crippen molar-refractivity contribution in [3.05, 3.63) is 95.7 Å². The second kappa shape index (κ2) is 9.93. The number of likely N-dealkylation sites (N-methyl/N-ethyl adjacent to an activating group) is 1. The van der Waals surface area contributed by atoms with E-state index in [4.69, 9.17) is 9.47 Å². The Kier molecular flexibility index (Phi) is 6.39. The molecular formula is C28H27N3O4. The predicted molar refractivity (Wildman–Crippen MR) is 134 cm³/mol. The molecule has 2 amide bonds. The third-order valence-corrected chi connectivity index (χ3v) is 6.34. The molecule has 0 radical (unpaired) electrons. The molecule has 1 atom stereocenters. The van der Waals surface area contributed by atoms with Crippen molar-refractivity contribution in [1.29, 1.82) is 0 Å². The first-order valence-electron chi connectivity index (χ1n) is 11.6. The molecule has 1 aliphatic heterocycles. The van der Waals surface area contributed by atoms with Crippen LogP contribution >= 0.6 is 0 Å². The fraction of sp³-hybridized carbons (Fsp3) is 0.214. The van der Waals surface area contributed by atoms with E-state index in [-0.39, 0.29) is 24.6 Å². The van der Waals surface area contributed by atoms with E-state index >= 15 is 0 Å². The van der Waals surface area contributed by atoms with Crippen molar-refractivity contribution in [3.8, 4) is 11.5 Å². The van der Waals surface area contributed by atoms with Crippen molar-refractivity contribution in [2.24, 2.45) is 0 Å². The zero-order chi connectivity index (χ0) is 24.2. The van der Waals surface area contributed by atoms with Crippen LogP contribution in [0.2, 0.25) is 0 Å². The van der Waals surface area contributed by atoms with E-state index in [0.29, 0.717) is 42.1 Å². The summed E-state index contributed by atoms with van der Waals surface area (Å²) in [6.45, 7) is 0.597. The molecule has 0 aliphatic carbocycles. The van der Waals surface area contributed by atoms with Gasteiger partial charge in [-0.25, -0.2) is 0 Å². The number of hydrogen-bond acceptors (Lipinski definition) is 4. The number of para-hydroxylation sites is 1. The first-order valence-corrected chi connectivity index (χ1v) is 11.6. The Labute approximate surface area is 203 Å². The monoisotopic (exact) mass is 469 g/mol. The Morgan fingerprint density at radius 2 is 1.74 bits per heavy atom. The fourth-order valence-corrected chi connectivity index (χ4v) is 4.36. The molecule has 0 unspecified atom stereocenters. The van der Waals surface area contributed by atoms with Crippen LogP contribution in [0.25, 0.3) is 10.9 Å². The minimum absolute atomic E-state index is 0.105. The number of nitrogens with one attached hydrogen (secondary N) is 2. The SMILES string of the molecule is CN(C(=O)c1ccc2c(c1)OCO2)[C@H](CCNC(=O)c1cc2ccccc2[nH]1)Cc1ccccc1. The lowest BCUT2D eigenvalue weighted by Gasteiger charge is -2.29. The van der Waals surface area contributed by atoms with Crippen molar-refractivity contribution in [2.45, 2.75) is 18.9 Å². The number of nitrogens with zero attached hydrogens (tertiary/aromatic N) is 1. The van der Waals surface area contributed by atoms with E-state index in [1.165, 1.54) is 0 Å². The van der Waals surface area contributed by atoms with Crippen LogP contribution in [0.1, 0.15) is 32.8 Å². The predicted octanol–water partition coefficient (Wildman–Crippen LogP) is 4.40. The number of hydrogen-bond donors (Lipinski definition) is 2. The number of rotatable bonds is 8. The van der Waals surface area contributed by atoms with Crippen LogP contribution in [0, 0.1) is 0 Å². The van der Waals surface area contributed by atoms with Gasteiger partial charge in [0.25, 0.3) is 11.8 Å². The van der Waals surface area contributed by atoms with Gasteiger partial charge in [-0.15, -0.1) is 0 Å². The summed E-state index contributed by atoms with van der Waals surface area (Å²) < 4.78 is 10.8. The van der Waals surface area contributed by atoms with Crippen LogP contribution in [0.4, 0.5) is 0 Å². The van der Waals surface area contributed by atoms with Gasteiger partial charge in [-0.3, -0.25) is 9.59 Å². The normalized spacial score (nSPS) is 12.9. The van der Waals surface area contributed by atoms with Gasteiger partial charge in [-0.2, -0.15) is 0 Å². The van der Waals surface area contributed by atoms with E-state index in [1.807, 2.05) is 48.5 Å². The van der Waals surface area contributed by atoms with Gasteiger partial charge >= 0.3 is 0 Å². The van der Waals surface area contributed by atoms with Gasteiger partial charge in [-0.05, 0) is 48.7 Å². The molecule has 35 heavy (non-hydrogen) atoms. The Hall–Kier alpha value is -4.26. The molecule has 0 spiro atoms. The molecular weight excluding hydrogens is 442 g/mol. The van der Waals surface area contributed by atoms with Crippen molar-refractivity contribution in [2.75, 3.05) is 20.4 Å². The molecule has 0 fully saturated rings. The van der Waals surface area contributed by atoms with Gasteiger partial charge in [0, 0.05) is 36.1 Å². The Balaban J connectivity index is 1.28. The highest BCUT2D eigenvalue weighted by atomic mass is 16.7. The highest BCUT2D eigenvalue weighted by Crippen LogP contribution is 2.33. The lowest BCUT2D eigenvalue weighted by molar-refractivity contribution is 0.0722. The number of aromatic nitrogens is 1. The Bertz CT molecular complexity index is 1320. The van der Waals surface area contributed by atoms with Crippen molar-refractivity contribution in [1.82, 2.24) is 15.2 Å². The number of amides is 2. The van der Waals surface area contributed by atoms with Crippen molar-refractivity contribution >= 4 is 22.7 Å². The van der Waals surface area contributed by atoms with Gasteiger partial charge < -0.3 is 24.7 Å². The average molecular weight is 470 g/mol. The lowest BCUT2D eigenvalue weighted by Crippen LogP contribution is -2.41. The van der Waals surface area contributed by atoms with Crippen LogP contribution in [-0.2, 0) is 6.42 Å². The molecule has 1 aliphatic rings. The summed E-state index contributed by atoms with van der Waals surface area (Å²) in [4.78, 5) is 31.0. The summed E-state index contributed by atoms with van der Waals surface area (Å²) in [7, 11) is 1.81. The summed E-state index contributed by atoms with van der Waals surface area (Å²) in [6, 6.07) is 24.8. The molecule has 4 aromatic rings. The van der Waals surface area contributed by atoms with Gasteiger partial charge in [0.2, 0.25) is 6.79 Å². The van der Waals surface area contributed by atoms with Crippen LogP contribution < -0.4 is 14.8 Å². The smallest absolute Gasteiger partial charge is 0.267 e. The number of aromatic amines is 1. The summed E-state index contributed by atoms with van der Waals surface area (Å²) in [5.74, 6) is 0.953. The molecule has 2 heterocycles. The third kappa shape index (κ3) is 4.99. The molecule has 3 aromatic carbocycles. The fourth-order valence-electron chi connectivity index (χ4n) is 4.36. The maximum atomic E-state index is 13.3. The molecule has 5 rings (SSSR count). The van der Waals surface area contributed by atoms with Crippen LogP contribution in [0.3, 0.4) is 0 Å². The second-order valence-corrected chi connectivity index (χ2v) is 8.64. The topological polar surface area (TPSA) is 83.7 Å². The largest absolute Gasteiger partial charge is 0.454 e. The Morgan fingerprint density at radius 3 is 2.57 bits per heavy atom. The summed E-state index contributed by atoms with van der Waals surface area (Å²) in [5, 5.41) is 3.99. The number of fused-ring (bicyclic) bond motifs is 2. The molecule has 7 heteroatoms. The van der Waals surface area contributed by atoms with E-state index in [1.54, 1.807) is 30.1 Å². The quantitative estimate of drug-likeness (QED) is 0.401. The molecule has 178 valence electrons. The van der Waals surface area contributed by atoms with Gasteiger partial charge in [0.05, 0.1) is 0 Å². The van der Waals surface area contributed by atoms with Gasteiger partial charge in [0.15, 0.2) is 11.5 Å². The highest BCUT2D eigenvalue weighted by Gasteiger charge is 2.24. The standard InChI is InChI=1S/C28H27N3O4/c1-31(28(33)21-11-12-25-26(17-21)35-18-34-25)22(15-19-7-3-2-4-8-19)13-14-29-27(32)24-16-20-9-5-6-10-23(20)30-24/h2-12,16-17,22,30H,13-15,18H2,1H3,(H,29,32)/t22-/m1/s1. The molecule has 0 saturated carbocycles. The molecule has 2 N–H and O–H groups in total. The maximum Gasteiger partial charge on any atom is 0.267 e. The van der Waals surface area contributed by atoms with Crippen molar-refractivity contribution in [3.63, 3.8) is 0 Å². The summed E-state index contributed by atoms with van der Waals surface area (Å²) >= 11 is 0. The number of H-pyrrole nitrogens is 1. The molecule has 0 saturated heterocycles. The number of benzene rings is 3. The third-order valence-electron chi connectivity index (χ3n) is 6.34. The minimum atomic E-state index is -0.163. The van der Waals surface area contributed by atoms with E-state index in [0.717, 1.165) is 16.5 Å². The van der Waals surface area contributed by atoms with E-state index in [2.05, 4.69) is 22.4 Å². The minimum Gasteiger partial charge on any atom is -0.454 e. The van der Waals surface area contributed by atoms with Crippen LogP contribution in [0.5, 0.6) is 11.5 Å². The molecule has 0 bridgehead atoms. The Morgan fingerprint density at radius 1 is 0.971 bits per heavy atom. The zero-order valence-corrected chi connectivity index (χ0v) is 19.5.